The van der Waals surface area contributed by atoms with Crippen LogP contribution in [0.4, 0.5) is 0 Å². The summed E-state index contributed by atoms with van der Waals surface area (Å²) in [5.74, 6) is 0.229. The average molecular weight is 296 g/mol. The average Bonchev–Trinajstić information content (AvgIpc) is 2.45. The molecule has 0 saturated carbocycles. The van der Waals surface area contributed by atoms with Crippen LogP contribution in [0.2, 0.25) is 0 Å². The summed E-state index contributed by atoms with van der Waals surface area (Å²) in [5.41, 5.74) is 12.7. The van der Waals surface area contributed by atoms with Crippen molar-refractivity contribution in [2.45, 2.75) is 58.5 Å². The molecule has 1 aromatic rings. The van der Waals surface area contributed by atoms with Crippen LogP contribution in [0.25, 0.3) is 0 Å². The maximum Gasteiger partial charge on any atom is 0.174 e. The number of aryl methyl sites for hydroxylation is 1. The van der Waals surface area contributed by atoms with E-state index in [9.17, 15) is 4.79 Å². The Morgan fingerprint density at radius 1 is 1.29 bits per heavy atom. The number of nitrogens with zero attached hydrogens (tertiary/aromatic N) is 2. The van der Waals surface area contributed by atoms with Gasteiger partial charge in [0.1, 0.15) is 6.04 Å². The first-order valence-corrected chi connectivity index (χ1v) is 7.34. The minimum absolute atomic E-state index is 0. The first-order valence-electron chi connectivity index (χ1n) is 7.34. The Bertz CT molecular complexity index is 437. The Kier molecular flexibility index (Phi) is 8.92. The molecule has 6 N–H and O–H groups in total. The predicted molar refractivity (Wildman–Crippen MR) is 83.6 cm³/mol. The molecule has 0 fully saturated rings. The minimum atomic E-state index is -0.835. The Labute approximate surface area is 126 Å². The van der Waals surface area contributed by atoms with Crippen LogP contribution in [0.1, 0.15) is 57.6 Å². The number of aromatic nitrogens is 2. The third-order valence-corrected chi connectivity index (χ3v) is 3.40. The van der Waals surface area contributed by atoms with Gasteiger partial charge < -0.3 is 16.9 Å². The van der Waals surface area contributed by atoms with Crippen LogP contribution in [-0.4, -0.2) is 27.3 Å². The topological polar surface area (TPSA) is 126 Å². The highest BCUT2D eigenvalue weighted by Crippen LogP contribution is 2.12. The van der Waals surface area contributed by atoms with Crippen LogP contribution >= 0.6 is 0 Å². The second kappa shape index (κ2) is 9.55. The molecule has 0 aromatic carbocycles. The SMILES string of the molecule is CCCCCc1ccnc(C(N)C(=O)C(N)C(C)C)n1.O. The number of unbranched alkanes of at least 4 members (excludes halogenated alkanes) is 2. The summed E-state index contributed by atoms with van der Waals surface area (Å²) in [4.78, 5) is 20.6. The first kappa shape index (κ1) is 19.6. The summed E-state index contributed by atoms with van der Waals surface area (Å²) in [6.45, 7) is 5.96. The number of carbonyl (C=O) groups is 1. The number of nitrogens with two attached hydrogens (primary N) is 2. The van der Waals surface area contributed by atoms with Gasteiger partial charge in [-0.05, 0) is 24.8 Å². The number of rotatable bonds is 8. The Balaban J connectivity index is 0.00000400. The van der Waals surface area contributed by atoms with Gasteiger partial charge in [-0.3, -0.25) is 4.79 Å². The summed E-state index contributed by atoms with van der Waals surface area (Å²) < 4.78 is 0. The summed E-state index contributed by atoms with van der Waals surface area (Å²) in [6.07, 6.45) is 5.97. The van der Waals surface area contributed by atoms with Crippen molar-refractivity contribution in [3.05, 3.63) is 23.8 Å². The van der Waals surface area contributed by atoms with E-state index >= 15 is 0 Å². The van der Waals surface area contributed by atoms with Gasteiger partial charge in [0.05, 0.1) is 6.04 Å². The molecule has 0 amide bonds. The van der Waals surface area contributed by atoms with Gasteiger partial charge in [0, 0.05) is 11.9 Å². The fourth-order valence-corrected chi connectivity index (χ4v) is 1.92. The van der Waals surface area contributed by atoms with Crippen molar-refractivity contribution in [2.24, 2.45) is 17.4 Å². The predicted octanol–water partition coefficient (Wildman–Crippen LogP) is 0.937. The highest BCUT2D eigenvalue weighted by Gasteiger charge is 2.26. The molecule has 1 rings (SSSR count). The van der Waals surface area contributed by atoms with Gasteiger partial charge in [-0.2, -0.15) is 0 Å². The molecule has 0 radical (unpaired) electrons. The van der Waals surface area contributed by atoms with Crippen LogP contribution in [0.3, 0.4) is 0 Å². The molecule has 2 unspecified atom stereocenters. The van der Waals surface area contributed by atoms with E-state index in [4.69, 9.17) is 11.5 Å². The van der Waals surface area contributed by atoms with Crippen LogP contribution < -0.4 is 11.5 Å². The lowest BCUT2D eigenvalue weighted by atomic mass is 9.96. The largest absolute Gasteiger partial charge is 0.412 e. The summed E-state index contributed by atoms with van der Waals surface area (Å²) in [5, 5.41) is 0. The lowest BCUT2D eigenvalue weighted by Gasteiger charge is -2.18. The Hall–Kier alpha value is -1.37. The third kappa shape index (κ3) is 5.87. The van der Waals surface area contributed by atoms with E-state index in [-0.39, 0.29) is 17.2 Å². The lowest BCUT2D eigenvalue weighted by molar-refractivity contribution is -0.122. The maximum atomic E-state index is 12.1. The van der Waals surface area contributed by atoms with E-state index in [0.717, 1.165) is 18.5 Å². The van der Waals surface area contributed by atoms with Gasteiger partial charge in [0.15, 0.2) is 11.6 Å². The molecular formula is C15H28N4O2. The van der Waals surface area contributed by atoms with Crippen molar-refractivity contribution in [3.63, 3.8) is 0 Å². The van der Waals surface area contributed by atoms with Crippen molar-refractivity contribution in [2.75, 3.05) is 0 Å². The van der Waals surface area contributed by atoms with Crippen LogP contribution in [0, 0.1) is 5.92 Å². The van der Waals surface area contributed by atoms with Crippen LogP contribution in [0.15, 0.2) is 12.3 Å². The number of carbonyl (C=O) groups excluding carboxylic acids is 1. The van der Waals surface area contributed by atoms with Crippen molar-refractivity contribution in [1.29, 1.82) is 0 Å². The van der Waals surface area contributed by atoms with Gasteiger partial charge in [0.25, 0.3) is 0 Å². The first-order chi connectivity index (χ1) is 9.47. The van der Waals surface area contributed by atoms with Gasteiger partial charge in [-0.25, -0.2) is 9.97 Å². The zero-order chi connectivity index (χ0) is 15.1. The molecule has 0 spiro atoms. The smallest absolute Gasteiger partial charge is 0.174 e. The third-order valence-electron chi connectivity index (χ3n) is 3.40. The summed E-state index contributed by atoms with van der Waals surface area (Å²) in [7, 11) is 0. The van der Waals surface area contributed by atoms with Gasteiger partial charge in [-0.1, -0.05) is 33.6 Å². The molecule has 0 aliphatic heterocycles. The van der Waals surface area contributed by atoms with E-state index in [1.807, 2.05) is 19.9 Å². The van der Waals surface area contributed by atoms with Gasteiger partial charge >= 0.3 is 0 Å². The molecule has 0 aliphatic rings. The molecule has 0 saturated heterocycles. The second-order valence-corrected chi connectivity index (χ2v) is 5.51. The standard InChI is InChI=1S/C15H26N4O.H2O/c1-4-5-6-7-11-8-9-18-15(19-11)13(17)14(20)12(16)10(2)3;/h8-10,12-13H,4-7,16-17H2,1-3H3;1H2. The molecule has 0 bridgehead atoms. The molecule has 21 heavy (non-hydrogen) atoms. The highest BCUT2D eigenvalue weighted by atomic mass is 16.1. The van der Waals surface area contributed by atoms with E-state index in [2.05, 4.69) is 16.9 Å². The van der Waals surface area contributed by atoms with Crippen LogP contribution in [-0.2, 0) is 11.2 Å². The quantitative estimate of drug-likeness (QED) is 0.690. The molecule has 0 aliphatic carbocycles. The molecule has 1 heterocycles. The number of hydrogen-bond acceptors (Lipinski definition) is 5. The van der Waals surface area contributed by atoms with E-state index < -0.39 is 12.1 Å². The number of Topliss-reactive ketones (excluding diaryl/α,β-unsaturated/α-hetero) is 1. The maximum absolute atomic E-state index is 12.1. The molecule has 2 atom stereocenters. The Morgan fingerprint density at radius 2 is 1.95 bits per heavy atom. The molecule has 120 valence electrons. The highest BCUT2D eigenvalue weighted by molar-refractivity contribution is 5.89. The van der Waals surface area contributed by atoms with Gasteiger partial charge in [0.2, 0.25) is 0 Å². The fraction of sp³-hybridized carbons (Fsp3) is 0.667. The normalized spacial score (nSPS) is 13.6. The van der Waals surface area contributed by atoms with Gasteiger partial charge in [-0.15, -0.1) is 0 Å². The van der Waals surface area contributed by atoms with Crippen LogP contribution in [0.5, 0.6) is 0 Å². The minimum Gasteiger partial charge on any atom is -0.412 e. The molecular weight excluding hydrogens is 268 g/mol. The van der Waals surface area contributed by atoms with E-state index in [1.54, 1.807) is 6.20 Å². The fourth-order valence-electron chi connectivity index (χ4n) is 1.92. The molecule has 1 aromatic heterocycles. The molecule has 6 heteroatoms. The zero-order valence-corrected chi connectivity index (χ0v) is 13.2. The molecule has 6 nitrogen and oxygen atoms in total. The lowest BCUT2D eigenvalue weighted by Crippen LogP contribution is -2.42. The second-order valence-electron chi connectivity index (χ2n) is 5.51. The van der Waals surface area contributed by atoms with Crippen molar-refractivity contribution >= 4 is 5.78 Å². The monoisotopic (exact) mass is 296 g/mol. The van der Waals surface area contributed by atoms with E-state index in [1.165, 1.54) is 12.8 Å². The van der Waals surface area contributed by atoms with E-state index in [0.29, 0.717) is 5.82 Å². The summed E-state index contributed by atoms with van der Waals surface area (Å²) in [6, 6.07) is 0.467. The van der Waals surface area contributed by atoms with Crippen molar-refractivity contribution in [1.82, 2.24) is 9.97 Å². The Morgan fingerprint density at radius 3 is 2.52 bits per heavy atom. The number of hydrogen-bond donors (Lipinski definition) is 2. The zero-order valence-electron chi connectivity index (χ0n) is 13.2. The van der Waals surface area contributed by atoms with Crippen molar-refractivity contribution in [3.8, 4) is 0 Å². The number of ketones is 1. The van der Waals surface area contributed by atoms with Crippen molar-refractivity contribution < 1.29 is 10.3 Å². The summed E-state index contributed by atoms with van der Waals surface area (Å²) >= 11 is 0.